The molecule has 0 aliphatic rings. The van der Waals surface area contributed by atoms with Crippen LogP contribution in [0.3, 0.4) is 0 Å². The number of halogens is 1. The van der Waals surface area contributed by atoms with Gasteiger partial charge in [-0.3, -0.25) is 4.79 Å². The normalized spacial score (nSPS) is 10.8. The van der Waals surface area contributed by atoms with Gasteiger partial charge in [0.1, 0.15) is 5.76 Å². The average molecular weight is 344 g/mol. The molecule has 0 bridgehead atoms. The molecule has 1 aromatic heterocycles. The minimum Gasteiger partial charge on any atom is -0.469 e. The number of hydrogen-bond acceptors (Lipinski definition) is 2. The van der Waals surface area contributed by atoms with E-state index >= 15 is 0 Å². The van der Waals surface area contributed by atoms with Crippen LogP contribution in [0, 0.1) is 0 Å². The van der Waals surface area contributed by atoms with Crippen LogP contribution in [0.2, 0.25) is 0 Å². The van der Waals surface area contributed by atoms with Crippen LogP contribution in [0.25, 0.3) is 10.8 Å². The van der Waals surface area contributed by atoms with Gasteiger partial charge in [0.25, 0.3) is 5.91 Å². The average Bonchev–Trinajstić information content (AvgIpc) is 2.99. The molecule has 3 aromatic rings. The molecule has 4 heteroatoms. The highest BCUT2D eigenvalue weighted by Crippen LogP contribution is 2.30. The topological polar surface area (TPSA) is 42.2 Å². The zero-order chi connectivity index (χ0) is 14.8. The maximum absolute atomic E-state index is 12.4. The highest BCUT2D eigenvalue weighted by molar-refractivity contribution is 9.10. The lowest BCUT2D eigenvalue weighted by molar-refractivity contribution is 0.102. The number of nitrogens with one attached hydrogen (secondary N) is 1. The smallest absolute Gasteiger partial charge is 0.259 e. The van der Waals surface area contributed by atoms with Gasteiger partial charge in [0.15, 0.2) is 0 Å². The van der Waals surface area contributed by atoms with E-state index in [1.165, 1.54) is 0 Å². The summed E-state index contributed by atoms with van der Waals surface area (Å²) in [6.07, 6.45) is 2.24. The highest BCUT2D eigenvalue weighted by atomic mass is 79.9. The Labute approximate surface area is 131 Å². The lowest BCUT2D eigenvalue weighted by Crippen LogP contribution is -2.13. The summed E-state index contributed by atoms with van der Waals surface area (Å²) in [5.41, 5.74) is 1.38. The van der Waals surface area contributed by atoms with Gasteiger partial charge in [-0.05, 0) is 23.6 Å². The molecule has 2 aromatic carbocycles. The maximum atomic E-state index is 12.4. The lowest BCUT2D eigenvalue weighted by Gasteiger charge is -2.10. The molecule has 3 rings (SSSR count). The second kappa shape index (κ2) is 5.74. The Morgan fingerprint density at radius 2 is 1.90 bits per heavy atom. The number of furan rings is 1. The SMILES string of the molecule is CCc1occc1C(=O)Nc1ccc(Br)c2ccccc12. The molecule has 3 nitrogen and oxygen atoms in total. The summed E-state index contributed by atoms with van der Waals surface area (Å²) in [6, 6.07) is 13.5. The number of carbonyl (C=O) groups is 1. The third-order valence-corrected chi connectivity index (χ3v) is 4.12. The summed E-state index contributed by atoms with van der Waals surface area (Å²) in [4.78, 5) is 12.4. The van der Waals surface area contributed by atoms with E-state index in [4.69, 9.17) is 4.42 Å². The van der Waals surface area contributed by atoms with Gasteiger partial charge in [0, 0.05) is 22.0 Å². The van der Waals surface area contributed by atoms with Gasteiger partial charge in [-0.15, -0.1) is 0 Å². The number of aryl methyl sites for hydroxylation is 1. The molecule has 0 aliphatic carbocycles. The fourth-order valence-corrected chi connectivity index (χ4v) is 2.86. The zero-order valence-electron chi connectivity index (χ0n) is 11.5. The molecular formula is C17H14BrNO2. The minimum atomic E-state index is -0.145. The van der Waals surface area contributed by atoms with Crippen LogP contribution in [0.4, 0.5) is 5.69 Å². The van der Waals surface area contributed by atoms with E-state index in [-0.39, 0.29) is 5.91 Å². The van der Waals surface area contributed by atoms with Gasteiger partial charge in [0.2, 0.25) is 0 Å². The van der Waals surface area contributed by atoms with Crippen molar-refractivity contribution in [1.82, 2.24) is 0 Å². The van der Waals surface area contributed by atoms with Crippen molar-refractivity contribution in [2.24, 2.45) is 0 Å². The highest BCUT2D eigenvalue weighted by Gasteiger charge is 2.14. The summed E-state index contributed by atoms with van der Waals surface area (Å²) in [5.74, 6) is 0.557. The second-order valence-electron chi connectivity index (χ2n) is 4.71. The number of fused-ring (bicyclic) bond motifs is 1. The molecule has 21 heavy (non-hydrogen) atoms. The van der Waals surface area contributed by atoms with Crippen molar-refractivity contribution in [3.63, 3.8) is 0 Å². The third kappa shape index (κ3) is 2.59. The molecule has 0 fully saturated rings. The number of amides is 1. The van der Waals surface area contributed by atoms with Crippen molar-refractivity contribution in [2.75, 3.05) is 5.32 Å². The number of benzene rings is 2. The van der Waals surface area contributed by atoms with Crippen LogP contribution < -0.4 is 5.32 Å². The van der Waals surface area contributed by atoms with Crippen LogP contribution in [0.1, 0.15) is 23.0 Å². The first-order chi connectivity index (χ1) is 10.2. The monoisotopic (exact) mass is 343 g/mol. The van der Waals surface area contributed by atoms with Gasteiger partial charge in [0.05, 0.1) is 11.8 Å². The fourth-order valence-electron chi connectivity index (χ4n) is 2.38. The Bertz CT molecular complexity index is 807. The van der Waals surface area contributed by atoms with Crippen LogP contribution >= 0.6 is 15.9 Å². The number of carbonyl (C=O) groups excluding carboxylic acids is 1. The quantitative estimate of drug-likeness (QED) is 0.726. The van der Waals surface area contributed by atoms with Crippen molar-refractivity contribution >= 4 is 38.3 Å². The standard InChI is InChI=1S/C17H14BrNO2/c1-2-16-13(9-10-21-16)17(20)19-15-8-7-14(18)11-5-3-4-6-12(11)15/h3-10H,2H2,1H3,(H,19,20). The van der Waals surface area contributed by atoms with Gasteiger partial charge >= 0.3 is 0 Å². The molecule has 0 spiro atoms. The minimum absolute atomic E-state index is 0.145. The Morgan fingerprint density at radius 3 is 2.67 bits per heavy atom. The van der Waals surface area contributed by atoms with Crippen LogP contribution in [0.5, 0.6) is 0 Å². The largest absolute Gasteiger partial charge is 0.469 e. The molecule has 0 radical (unpaired) electrons. The van der Waals surface area contributed by atoms with E-state index in [1.54, 1.807) is 12.3 Å². The summed E-state index contributed by atoms with van der Waals surface area (Å²) in [6.45, 7) is 1.96. The Morgan fingerprint density at radius 1 is 1.14 bits per heavy atom. The van der Waals surface area contributed by atoms with E-state index < -0.39 is 0 Å². The Kier molecular flexibility index (Phi) is 3.80. The lowest BCUT2D eigenvalue weighted by atomic mass is 10.1. The van der Waals surface area contributed by atoms with Gasteiger partial charge in [-0.2, -0.15) is 0 Å². The number of anilines is 1. The molecule has 1 heterocycles. The molecule has 0 unspecified atom stereocenters. The first-order valence-corrected chi connectivity index (χ1v) is 7.55. The first kappa shape index (κ1) is 13.9. The van der Waals surface area contributed by atoms with Crippen molar-refractivity contribution in [3.05, 3.63) is 64.5 Å². The van der Waals surface area contributed by atoms with Gasteiger partial charge in [-0.1, -0.05) is 47.1 Å². The molecule has 0 aliphatic heterocycles. The summed E-state index contributed by atoms with van der Waals surface area (Å²) in [7, 11) is 0. The van der Waals surface area contributed by atoms with Gasteiger partial charge in [-0.25, -0.2) is 0 Å². The summed E-state index contributed by atoms with van der Waals surface area (Å²) in [5, 5.41) is 5.04. The van der Waals surface area contributed by atoms with Crippen LogP contribution in [-0.2, 0) is 6.42 Å². The van der Waals surface area contributed by atoms with Crippen LogP contribution in [0.15, 0.2) is 57.6 Å². The Hall–Kier alpha value is -2.07. The third-order valence-electron chi connectivity index (χ3n) is 3.43. The molecule has 0 saturated carbocycles. The predicted octanol–water partition coefficient (Wildman–Crippen LogP) is 5.01. The van der Waals surface area contributed by atoms with E-state index in [9.17, 15) is 4.79 Å². The van der Waals surface area contributed by atoms with E-state index in [0.29, 0.717) is 17.7 Å². The molecular weight excluding hydrogens is 330 g/mol. The van der Waals surface area contributed by atoms with Crippen LogP contribution in [-0.4, -0.2) is 5.91 Å². The van der Waals surface area contributed by atoms with Gasteiger partial charge < -0.3 is 9.73 Å². The zero-order valence-corrected chi connectivity index (χ0v) is 13.1. The molecule has 1 N–H and O–H groups in total. The van der Waals surface area contributed by atoms with Crippen molar-refractivity contribution in [1.29, 1.82) is 0 Å². The predicted molar refractivity (Wildman–Crippen MR) is 87.7 cm³/mol. The first-order valence-electron chi connectivity index (χ1n) is 6.75. The van der Waals surface area contributed by atoms with Crippen molar-refractivity contribution in [3.8, 4) is 0 Å². The number of rotatable bonds is 3. The molecule has 0 atom stereocenters. The fraction of sp³-hybridized carbons (Fsp3) is 0.118. The summed E-state index contributed by atoms with van der Waals surface area (Å²) >= 11 is 3.53. The maximum Gasteiger partial charge on any atom is 0.259 e. The molecule has 0 saturated heterocycles. The van der Waals surface area contributed by atoms with E-state index in [0.717, 1.165) is 20.9 Å². The van der Waals surface area contributed by atoms with Crippen molar-refractivity contribution < 1.29 is 9.21 Å². The van der Waals surface area contributed by atoms with E-state index in [1.807, 2.05) is 43.3 Å². The Balaban J connectivity index is 1.99. The second-order valence-corrected chi connectivity index (χ2v) is 5.56. The molecule has 1 amide bonds. The summed E-state index contributed by atoms with van der Waals surface area (Å²) < 4.78 is 6.32. The van der Waals surface area contributed by atoms with Crippen molar-refractivity contribution in [2.45, 2.75) is 13.3 Å². The van der Waals surface area contributed by atoms with E-state index in [2.05, 4.69) is 21.2 Å². The molecule has 106 valence electrons. The number of hydrogen-bond donors (Lipinski definition) is 1.